The zero-order valence-electron chi connectivity index (χ0n) is 14.4. The van der Waals surface area contributed by atoms with Crippen molar-refractivity contribution in [2.45, 2.75) is 13.8 Å². The topological polar surface area (TPSA) is 86.6 Å². The Bertz CT molecular complexity index is 1070. The van der Waals surface area contributed by atoms with Gasteiger partial charge in [-0.2, -0.15) is 10.1 Å². The first kappa shape index (κ1) is 15.2. The van der Waals surface area contributed by atoms with Crippen molar-refractivity contribution in [2.24, 2.45) is 7.05 Å². The summed E-state index contributed by atoms with van der Waals surface area (Å²) in [5, 5.41) is 8.46. The minimum Gasteiger partial charge on any atom is -0.399 e. The van der Waals surface area contributed by atoms with Gasteiger partial charge in [0.2, 0.25) is 5.95 Å². The third kappa shape index (κ3) is 2.69. The molecule has 25 heavy (non-hydrogen) atoms. The SMILES string of the molecule is Cc1cnc(Nc2cnn(C)c2)nc1-n1cc(C)c2cc(N)ccc21. The molecule has 0 aliphatic carbocycles. The zero-order valence-corrected chi connectivity index (χ0v) is 14.4. The van der Waals surface area contributed by atoms with E-state index >= 15 is 0 Å². The number of nitrogens with zero attached hydrogens (tertiary/aromatic N) is 5. The van der Waals surface area contributed by atoms with Crippen molar-refractivity contribution in [1.29, 1.82) is 0 Å². The van der Waals surface area contributed by atoms with Crippen LogP contribution in [0.4, 0.5) is 17.3 Å². The number of aromatic nitrogens is 5. The van der Waals surface area contributed by atoms with Crippen LogP contribution in [0.25, 0.3) is 16.7 Å². The average Bonchev–Trinajstić information content (AvgIpc) is 3.13. The molecule has 0 spiro atoms. The largest absolute Gasteiger partial charge is 0.399 e. The van der Waals surface area contributed by atoms with E-state index in [4.69, 9.17) is 10.7 Å². The van der Waals surface area contributed by atoms with Crippen LogP contribution in [0.1, 0.15) is 11.1 Å². The Hall–Kier alpha value is -3.35. The predicted molar refractivity (Wildman–Crippen MR) is 99.2 cm³/mol. The molecule has 0 atom stereocenters. The fourth-order valence-electron chi connectivity index (χ4n) is 2.94. The van der Waals surface area contributed by atoms with Crippen LogP contribution in [0.5, 0.6) is 0 Å². The molecule has 126 valence electrons. The van der Waals surface area contributed by atoms with E-state index in [9.17, 15) is 0 Å². The highest BCUT2D eigenvalue weighted by Gasteiger charge is 2.12. The third-order valence-corrected chi connectivity index (χ3v) is 4.16. The number of hydrogen-bond acceptors (Lipinski definition) is 5. The summed E-state index contributed by atoms with van der Waals surface area (Å²) in [7, 11) is 1.87. The smallest absolute Gasteiger partial charge is 0.229 e. The average molecular weight is 333 g/mol. The quantitative estimate of drug-likeness (QED) is 0.563. The van der Waals surface area contributed by atoms with E-state index in [0.29, 0.717) is 5.95 Å². The van der Waals surface area contributed by atoms with Gasteiger partial charge in [-0.3, -0.25) is 4.68 Å². The number of aryl methyl sites for hydroxylation is 3. The molecule has 4 rings (SSSR count). The van der Waals surface area contributed by atoms with Crippen molar-refractivity contribution in [2.75, 3.05) is 11.1 Å². The van der Waals surface area contributed by atoms with Crippen molar-refractivity contribution in [3.8, 4) is 5.82 Å². The van der Waals surface area contributed by atoms with Crippen LogP contribution in [0.2, 0.25) is 0 Å². The maximum atomic E-state index is 5.93. The predicted octanol–water partition coefficient (Wildman–Crippen LogP) is 3.10. The molecule has 0 bridgehead atoms. The Labute approximate surface area is 145 Å². The Kier molecular flexibility index (Phi) is 3.42. The molecule has 0 aliphatic heterocycles. The minimum atomic E-state index is 0.531. The number of rotatable bonds is 3. The van der Waals surface area contributed by atoms with Crippen molar-refractivity contribution >= 4 is 28.2 Å². The van der Waals surface area contributed by atoms with Crippen molar-refractivity contribution in [3.63, 3.8) is 0 Å². The lowest BCUT2D eigenvalue weighted by atomic mass is 10.2. The summed E-state index contributed by atoms with van der Waals surface area (Å²) in [5.41, 5.74) is 10.7. The van der Waals surface area contributed by atoms with E-state index in [2.05, 4.69) is 33.1 Å². The first-order valence-electron chi connectivity index (χ1n) is 7.98. The molecule has 4 aromatic rings. The molecule has 0 aliphatic rings. The molecule has 3 N–H and O–H groups in total. The number of nitrogens with two attached hydrogens (primary N) is 1. The van der Waals surface area contributed by atoms with Gasteiger partial charge in [-0.15, -0.1) is 0 Å². The summed E-state index contributed by atoms with van der Waals surface area (Å²) >= 11 is 0. The summed E-state index contributed by atoms with van der Waals surface area (Å²) < 4.78 is 3.81. The fourth-order valence-corrected chi connectivity index (χ4v) is 2.94. The lowest BCUT2D eigenvalue weighted by Crippen LogP contribution is -2.04. The Morgan fingerprint density at radius 1 is 1.08 bits per heavy atom. The first-order chi connectivity index (χ1) is 12.0. The van der Waals surface area contributed by atoms with Crippen LogP contribution in [-0.2, 0) is 7.05 Å². The van der Waals surface area contributed by atoms with Gasteiger partial charge < -0.3 is 15.6 Å². The minimum absolute atomic E-state index is 0.531. The molecular weight excluding hydrogens is 314 g/mol. The van der Waals surface area contributed by atoms with Crippen molar-refractivity contribution < 1.29 is 0 Å². The molecule has 0 amide bonds. The number of nitrogen functional groups attached to an aromatic ring is 1. The zero-order chi connectivity index (χ0) is 17.6. The molecule has 3 heterocycles. The maximum Gasteiger partial charge on any atom is 0.229 e. The Morgan fingerprint density at radius 3 is 2.68 bits per heavy atom. The van der Waals surface area contributed by atoms with Gasteiger partial charge in [-0.1, -0.05) is 0 Å². The highest BCUT2D eigenvalue weighted by molar-refractivity contribution is 5.88. The van der Waals surface area contributed by atoms with Gasteiger partial charge in [0.1, 0.15) is 5.82 Å². The van der Waals surface area contributed by atoms with E-state index in [-0.39, 0.29) is 0 Å². The molecule has 7 nitrogen and oxygen atoms in total. The highest BCUT2D eigenvalue weighted by Crippen LogP contribution is 2.27. The van der Waals surface area contributed by atoms with Crippen molar-refractivity contribution in [3.05, 3.63) is 54.1 Å². The van der Waals surface area contributed by atoms with E-state index in [1.165, 1.54) is 0 Å². The van der Waals surface area contributed by atoms with Gasteiger partial charge in [0, 0.05) is 42.3 Å². The normalized spacial score (nSPS) is 11.2. The van der Waals surface area contributed by atoms with Crippen LogP contribution in [0.3, 0.4) is 0 Å². The fraction of sp³-hybridized carbons (Fsp3) is 0.167. The van der Waals surface area contributed by atoms with Gasteiger partial charge >= 0.3 is 0 Å². The van der Waals surface area contributed by atoms with Crippen LogP contribution in [-0.4, -0.2) is 24.3 Å². The lowest BCUT2D eigenvalue weighted by molar-refractivity contribution is 0.768. The lowest BCUT2D eigenvalue weighted by Gasteiger charge is -2.10. The summed E-state index contributed by atoms with van der Waals surface area (Å²) in [5.74, 6) is 1.37. The third-order valence-electron chi connectivity index (χ3n) is 4.16. The Morgan fingerprint density at radius 2 is 1.92 bits per heavy atom. The number of nitrogens with one attached hydrogen (secondary N) is 1. The van der Waals surface area contributed by atoms with Gasteiger partial charge in [0.05, 0.1) is 17.4 Å². The molecule has 1 aromatic carbocycles. The second-order valence-corrected chi connectivity index (χ2v) is 6.19. The van der Waals surface area contributed by atoms with Crippen LogP contribution < -0.4 is 11.1 Å². The second-order valence-electron chi connectivity index (χ2n) is 6.19. The molecule has 0 saturated carbocycles. The van der Waals surface area contributed by atoms with Gasteiger partial charge in [-0.05, 0) is 37.6 Å². The summed E-state index contributed by atoms with van der Waals surface area (Å²) in [4.78, 5) is 9.08. The van der Waals surface area contributed by atoms with Crippen LogP contribution in [0, 0.1) is 13.8 Å². The standard InChI is InChI=1S/C18H19N7/c1-11-7-20-18(22-14-8-21-24(3)10-14)23-17(11)25-9-12(2)15-6-13(19)4-5-16(15)25/h4-10H,19H2,1-3H3,(H,20,22,23). The van der Waals surface area contributed by atoms with Gasteiger partial charge in [0.25, 0.3) is 0 Å². The molecule has 7 heteroatoms. The summed E-state index contributed by atoms with van der Waals surface area (Å²) in [6.07, 6.45) is 7.51. The molecule has 0 fully saturated rings. The monoisotopic (exact) mass is 333 g/mol. The van der Waals surface area contributed by atoms with E-state index in [0.717, 1.165) is 39.2 Å². The molecule has 0 radical (unpaired) electrons. The van der Waals surface area contributed by atoms with E-state index < -0.39 is 0 Å². The molecular formula is C18H19N7. The second kappa shape index (κ2) is 5.62. The summed E-state index contributed by atoms with van der Waals surface area (Å²) in [6.45, 7) is 4.07. The number of anilines is 3. The number of benzene rings is 1. The highest BCUT2D eigenvalue weighted by atomic mass is 15.3. The summed E-state index contributed by atoms with van der Waals surface area (Å²) in [6, 6.07) is 5.92. The van der Waals surface area contributed by atoms with Gasteiger partial charge in [0.15, 0.2) is 0 Å². The van der Waals surface area contributed by atoms with Crippen molar-refractivity contribution in [1.82, 2.24) is 24.3 Å². The molecule has 3 aromatic heterocycles. The molecule has 0 unspecified atom stereocenters. The van der Waals surface area contributed by atoms with E-state index in [1.54, 1.807) is 10.9 Å². The van der Waals surface area contributed by atoms with Crippen LogP contribution in [0.15, 0.2) is 43.0 Å². The first-order valence-corrected chi connectivity index (χ1v) is 7.98. The maximum absolute atomic E-state index is 5.93. The Balaban J connectivity index is 1.81. The van der Waals surface area contributed by atoms with Gasteiger partial charge in [-0.25, -0.2) is 4.98 Å². The number of fused-ring (bicyclic) bond motifs is 1. The van der Waals surface area contributed by atoms with Crippen LogP contribution >= 0.6 is 0 Å². The number of hydrogen-bond donors (Lipinski definition) is 2. The molecule has 0 saturated heterocycles. The van der Waals surface area contributed by atoms with E-state index in [1.807, 2.05) is 44.6 Å².